The van der Waals surface area contributed by atoms with Gasteiger partial charge in [0.2, 0.25) is 0 Å². The Balaban J connectivity index is 1.80. The summed E-state index contributed by atoms with van der Waals surface area (Å²) >= 11 is 0. The molecule has 0 saturated heterocycles. The maximum atomic E-state index is 5.70. The van der Waals surface area contributed by atoms with E-state index in [0.717, 1.165) is 84.0 Å². The minimum absolute atomic E-state index is 0.687. The SMILES string of the molecule is C=C1CCc2cc(cc(OC)c2OC)Nc2ncnc3[nH]cc(c23)CN(C)CCCN1C. The number of aromatic amines is 1. The van der Waals surface area contributed by atoms with Crippen LogP contribution in [0.4, 0.5) is 11.5 Å². The summed E-state index contributed by atoms with van der Waals surface area (Å²) < 4.78 is 11.3. The number of H-pyrrole nitrogens is 1. The summed E-state index contributed by atoms with van der Waals surface area (Å²) in [4.78, 5) is 16.9. The van der Waals surface area contributed by atoms with E-state index in [-0.39, 0.29) is 0 Å². The highest BCUT2D eigenvalue weighted by atomic mass is 16.5. The second-order valence-electron chi connectivity index (χ2n) is 8.33. The number of anilines is 2. The number of rotatable bonds is 2. The standard InChI is InChI=1S/C24H32N6O2/c1-16-7-8-17-11-19(12-20(31-4)22(17)32-5)28-24-21-18(13-25-23(21)26-15-27-24)14-29(2)9-6-10-30(16)3/h11-13,15H,1,6-10,14H2,2-5H3,(H2,25,26,27,28). The highest BCUT2D eigenvalue weighted by molar-refractivity contribution is 5.92. The van der Waals surface area contributed by atoms with Crippen molar-refractivity contribution in [2.45, 2.75) is 25.8 Å². The predicted molar refractivity (Wildman–Crippen MR) is 128 cm³/mol. The molecule has 0 saturated carbocycles. The van der Waals surface area contributed by atoms with Crippen molar-refractivity contribution in [3.63, 3.8) is 0 Å². The summed E-state index contributed by atoms with van der Waals surface area (Å²) in [5, 5.41) is 4.51. The highest BCUT2D eigenvalue weighted by Crippen LogP contribution is 2.37. The fourth-order valence-electron chi connectivity index (χ4n) is 4.26. The topological polar surface area (TPSA) is 78.5 Å². The lowest BCUT2D eigenvalue weighted by Crippen LogP contribution is -2.25. The summed E-state index contributed by atoms with van der Waals surface area (Å²) in [7, 11) is 7.60. The Kier molecular flexibility index (Phi) is 6.50. The molecule has 4 rings (SSSR count). The van der Waals surface area contributed by atoms with E-state index in [4.69, 9.17) is 9.47 Å². The van der Waals surface area contributed by atoms with Gasteiger partial charge in [0, 0.05) is 49.3 Å². The van der Waals surface area contributed by atoms with Gasteiger partial charge in [0.15, 0.2) is 11.5 Å². The van der Waals surface area contributed by atoms with Crippen molar-refractivity contribution in [1.82, 2.24) is 24.8 Å². The Hall–Kier alpha value is -3.26. The van der Waals surface area contributed by atoms with E-state index in [1.807, 2.05) is 12.3 Å². The molecule has 1 aliphatic heterocycles. The van der Waals surface area contributed by atoms with Crippen LogP contribution in [-0.4, -0.2) is 66.2 Å². The molecule has 0 unspecified atom stereocenters. The quantitative estimate of drug-likeness (QED) is 0.630. The van der Waals surface area contributed by atoms with E-state index in [1.54, 1.807) is 20.5 Å². The van der Waals surface area contributed by atoms with Gasteiger partial charge >= 0.3 is 0 Å². The molecule has 2 aromatic heterocycles. The van der Waals surface area contributed by atoms with Crippen molar-refractivity contribution in [2.24, 2.45) is 0 Å². The predicted octanol–water partition coefficient (Wildman–Crippen LogP) is 3.93. The van der Waals surface area contributed by atoms with Crippen LogP contribution in [0.5, 0.6) is 11.5 Å². The first kappa shape index (κ1) is 22.0. The summed E-state index contributed by atoms with van der Waals surface area (Å²) in [6.07, 6.45) is 6.30. The average molecular weight is 437 g/mol. The number of nitrogens with zero attached hydrogens (tertiary/aromatic N) is 4. The maximum Gasteiger partial charge on any atom is 0.164 e. The van der Waals surface area contributed by atoms with E-state index in [9.17, 15) is 0 Å². The van der Waals surface area contributed by atoms with Gasteiger partial charge in [-0.15, -0.1) is 0 Å². The van der Waals surface area contributed by atoms with Gasteiger partial charge in [-0.25, -0.2) is 9.97 Å². The first-order valence-electron chi connectivity index (χ1n) is 10.9. The molecule has 32 heavy (non-hydrogen) atoms. The van der Waals surface area contributed by atoms with Gasteiger partial charge in [-0.2, -0.15) is 0 Å². The number of hydrogen-bond donors (Lipinski definition) is 2. The van der Waals surface area contributed by atoms with E-state index in [1.165, 1.54) is 0 Å². The Morgan fingerprint density at radius 3 is 2.66 bits per heavy atom. The lowest BCUT2D eigenvalue weighted by atomic mass is 10.0. The number of methoxy groups -OCH3 is 2. The molecule has 0 aliphatic carbocycles. The Labute approximate surface area is 189 Å². The largest absolute Gasteiger partial charge is 0.493 e. The van der Waals surface area contributed by atoms with Gasteiger partial charge < -0.3 is 29.6 Å². The summed E-state index contributed by atoms with van der Waals surface area (Å²) in [6.45, 7) is 7.07. The molecule has 1 aliphatic rings. The van der Waals surface area contributed by atoms with E-state index >= 15 is 0 Å². The fraction of sp³-hybridized carbons (Fsp3) is 0.417. The first-order valence-corrected chi connectivity index (χ1v) is 10.9. The molecule has 8 nitrogen and oxygen atoms in total. The van der Waals surface area contributed by atoms with Crippen molar-refractivity contribution in [3.8, 4) is 11.5 Å². The van der Waals surface area contributed by atoms with E-state index < -0.39 is 0 Å². The minimum Gasteiger partial charge on any atom is -0.493 e. The summed E-state index contributed by atoms with van der Waals surface area (Å²) in [6, 6.07) is 4.05. The molecule has 8 heteroatoms. The van der Waals surface area contributed by atoms with Gasteiger partial charge in [-0.05, 0) is 44.5 Å². The number of nitrogens with one attached hydrogen (secondary N) is 2. The lowest BCUT2D eigenvalue weighted by molar-refractivity contribution is 0.295. The first-order chi connectivity index (χ1) is 15.5. The number of benzene rings is 1. The molecule has 0 radical (unpaired) electrons. The van der Waals surface area contributed by atoms with Gasteiger partial charge in [0.1, 0.15) is 17.8 Å². The van der Waals surface area contributed by atoms with Crippen molar-refractivity contribution < 1.29 is 9.47 Å². The van der Waals surface area contributed by atoms with Crippen molar-refractivity contribution in [2.75, 3.05) is 46.7 Å². The molecule has 2 N–H and O–H groups in total. The number of hydrogen-bond acceptors (Lipinski definition) is 7. The molecular formula is C24H32N6O2. The van der Waals surface area contributed by atoms with Crippen LogP contribution in [0.15, 0.2) is 36.9 Å². The van der Waals surface area contributed by atoms with Crippen LogP contribution in [0.1, 0.15) is 24.0 Å². The zero-order valence-electron chi connectivity index (χ0n) is 19.4. The molecule has 0 spiro atoms. The lowest BCUT2D eigenvalue weighted by Gasteiger charge is -2.24. The molecule has 0 fully saturated rings. The highest BCUT2D eigenvalue weighted by Gasteiger charge is 2.17. The normalized spacial score (nSPS) is 16.1. The third kappa shape index (κ3) is 4.50. The average Bonchev–Trinajstić information content (AvgIpc) is 3.19. The van der Waals surface area contributed by atoms with E-state index in [0.29, 0.717) is 5.75 Å². The second kappa shape index (κ2) is 9.48. The molecule has 0 atom stereocenters. The zero-order chi connectivity index (χ0) is 22.7. The van der Waals surface area contributed by atoms with Crippen LogP contribution >= 0.6 is 0 Å². The van der Waals surface area contributed by atoms with E-state index in [2.05, 4.69) is 56.8 Å². The Bertz CT molecular complexity index is 1110. The third-order valence-electron chi connectivity index (χ3n) is 6.07. The third-order valence-corrected chi connectivity index (χ3v) is 6.07. The van der Waals surface area contributed by atoms with Gasteiger partial charge in [-0.1, -0.05) is 6.58 Å². The van der Waals surface area contributed by atoms with Crippen molar-refractivity contribution in [3.05, 3.63) is 48.1 Å². The number of ether oxygens (including phenoxy) is 2. The van der Waals surface area contributed by atoms with Crippen LogP contribution in [0.3, 0.4) is 0 Å². The minimum atomic E-state index is 0.687. The molecule has 3 aromatic rings. The zero-order valence-corrected chi connectivity index (χ0v) is 19.4. The van der Waals surface area contributed by atoms with Crippen molar-refractivity contribution in [1.29, 1.82) is 0 Å². The van der Waals surface area contributed by atoms with Crippen LogP contribution in [0.25, 0.3) is 11.0 Å². The number of allylic oxidation sites excluding steroid dienone is 1. The van der Waals surface area contributed by atoms with Crippen LogP contribution < -0.4 is 14.8 Å². The second-order valence-corrected chi connectivity index (χ2v) is 8.33. The monoisotopic (exact) mass is 436 g/mol. The Morgan fingerprint density at radius 2 is 1.88 bits per heavy atom. The maximum absolute atomic E-state index is 5.70. The van der Waals surface area contributed by atoms with Gasteiger partial charge in [-0.3, -0.25) is 0 Å². The Morgan fingerprint density at radius 1 is 1.03 bits per heavy atom. The fourth-order valence-corrected chi connectivity index (χ4v) is 4.26. The summed E-state index contributed by atoms with van der Waals surface area (Å²) in [5.41, 5.74) is 5.06. The molecule has 2 bridgehead atoms. The summed E-state index contributed by atoms with van der Waals surface area (Å²) in [5.74, 6) is 2.22. The number of fused-ring (bicyclic) bond motifs is 2. The molecular weight excluding hydrogens is 404 g/mol. The molecule has 1 aromatic carbocycles. The van der Waals surface area contributed by atoms with Crippen molar-refractivity contribution >= 4 is 22.5 Å². The van der Waals surface area contributed by atoms with Crippen LogP contribution in [-0.2, 0) is 13.0 Å². The molecule has 3 heterocycles. The van der Waals surface area contributed by atoms with Crippen LogP contribution in [0.2, 0.25) is 0 Å². The smallest absolute Gasteiger partial charge is 0.164 e. The van der Waals surface area contributed by atoms with Crippen LogP contribution in [0, 0.1) is 0 Å². The molecule has 170 valence electrons. The van der Waals surface area contributed by atoms with Gasteiger partial charge in [0.25, 0.3) is 0 Å². The molecule has 0 amide bonds. The number of aromatic nitrogens is 3. The number of aryl methyl sites for hydroxylation is 1. The van der Waals surface area contributed by atoms with Gasteiger partial charge in [0.05, 0.1) is 19.6 Å².